The summed E-state index contributed by atoms with van der Waals surface area (Å²) >= 11 is 0. The van der Waals surface area contributed by atoms with Gasteiger partial charge in [0.05, 0.1) is 11.9 Å². The number of carboxylic acids is 6. The molecule has 0 aliphatic rings. The van der Waals surface area contributed by atoms with Gasteiger partial charge in [0.1, 0.15) is 11.2 Å². The number of carboxylic acid groups (broad SMARTS) is 6. The first-order chi connectivity index (χ1) is 11.6. The van der Waals surface area contributed by atoms with Gasteiger partial charge in [0.15, 0.2) is 0 Å². The van der Waals surface area contributed by atoms with E-state index in [1.807, 2.05) is 0 Å². The molecule has 0 atom stereocenters. The normalized spacial score (nSPS) is 8.81. The van der Waals surface area contributed by atoms with Gasteiger partial charge in [-0.15, -0.1) is 0 Å². The minimum atomic E-state index is -2.97. The van der Waals surface area contributed by atoms with Gasteiger partial charge in [0.25, 0.3) is 0 Å². The Balaban J connectivity index is -0.0000000505. The Bertz CT molecular complexity index is 529. The summed E-state index contributed by atoms with van der Waals surface area (Å²) in [5.41, 5.74) is -5.95. The van der Waals surface area contributed by atoms with Crippen LogP contribution in [0.15, 0.2) is 0 Å². The van der Waals surface area contributed by atoms with Gasteiger partial charge in [-0.25, -0.2) is 0 Å². The van der Waals surface area contributed by atoms with Gasteiger partial charge in [-0.3, -0.25) is 0 Å². The molecule has 2 N–H and O–H groups in total. The molecular weight excluding hydrogens is 1020 g/mol. The van der Waals surface area contributed by atoms with E-state index in [0.717, 1.165) is 0 Å². The summed E-state index contributed by atoms with van der Waals surface area (Å²) in [6, 6.07) is 0. The second-order valence-electron chi connectivity index (χ2n) is 4.83. The standard InChI is InChI=1S/2C6H8O7.6Ag/c2*7-3(8)1-6(13,5(11)12)2-4(9)10;;;;;;/h2*13H,1-2H2,(H,7,8)(H,9,10)(H,11,12);;;;;;/q;;6*+1/p-6. The number of aliphatic hydroxyl groups is 2. The zero-order chi connectivity index (χ0) is 21.3. The molecule has 0 aromatic rings. The first-order valence-corrected chi connectivity index (χ1v) is 6.23. The van der Waals surface area contributed by atoms with Crippen LogP contribution >= 0.6 is 0 Å². The number of hydrogen-bond acceptors (Lipinski definition) is 14. The Labute approximate surface area is 273 Å². The number of rotatable bonds is 10. The number of carbonyl (C=O) groups is 6. The summed E-state index contributed by atoms with van der Waals surface area (Å²) in [5, 5.41) is 77.9. The van der Waals surface area contributed by atoms with Gasteiger partial charge in [0.2, 0.25) is 0 Å². The molecule has 20 heteroatoms. The molecule has 0 radical (unpaired) electrons. The van der Waals surface area contributed by atoms with E-state index < -0.39 is 72.7 Å². The van der Waals surface area contributed by atoms with E-state index in [4.69, 9.17) is 10.2 Å². The third-order valence-electron chi connectivity index (χ3n) is 2.51. The van der Waals surface area contributed by atoms with Gasteiger partial charge in [-0.05, 0) is 0 Å². The molecule has 0 saturated carbocycles. The van der Waals surface area contributed by atoms with Crippen LogP contribution in [-0.2, 0) is 163 Å². The fourth-order valence-electron chi connectivity index (χ4n) is 1.37. The fourth-order valence-corrected chi connectivity index (χ4v) is 1.37. The SMILES string of the molecule is O=C([O-])CC(O)(CC(=O)[O-])C(=O)[O-].O=C([O-])CC(O)(CC(=O)[O-])C(=O)[O-].[Ag+].[Ag+].[Ag+].[Ag+].[Ag+].[Ag+]. The molecule has 0 rings (SSSR count). The zero-order valence-electron chi connectivity index (χ0n) is 14.4. The Hall–Kier alpha value is 1.18. The zero-order valence-corrected chi connectivity index (χ0v) is 23.3. The van der Waals surface area contributed by atoms with Crippen molar-refractivity contribution in [2.45, 2.75) is 36.9 Å². The Morgan fingerprint density at radius 3 is 0.625 bits per heavy atom. The molecule has 0 aromatic carbocycles. The van der Waals surface area contributed by atoms with Gasteiger partial charge in [-0.1, -0.05) is 0 Å². The van der Waals surface area contributed by atoms with Gasteiger partial charge in [-0.2, -0.15) is 0 Å². The number of carbonyl (C=O) groups excluding carboxylic acids is 6. The van der Waals surface area contributed by atoms with Crippen molar-refractivity contribution in [1.82, 2.24) is 0 Å². The maximum atomic E-state index is 10.1. The third-order valence-corrected chi connectivity index (χ3v) is 2.51. The predicted molar refractivity (Wildman–Crippen MR) is 58.4 cm³/mol. The fraction of sp³-hybridized carbons (Fsp3) is 0.500. The predicted octanol–water partition coefficient (Wildman–Crippen LogP) is -10.5. The maximum absolute atomic E-state index is 10.1. The molecule has 0 aliphatic carbocycles. The summed E-state index contributed by atoms with van der Waals surface area (Å²) in [4.78, 5) is 60.0. The quantitative estimate of drug-likeness (QED) is 0.193. The molecule has 0 spiro atoms. The second-order valence-corrected chi connectivity index (χ2v) is 4.83. The van der Waals surface area contributed by atoms with Crippen molar-refractivity contribution in [1.29, 1.82) is 0 Å². The van der Waals surface area contributed by atoms with Crippen molar-refractivity contribution < 1.29 is 204 Å². The maximum Gasteiger partial charge on any atom is 1.00 e. The summed E-state index contributed by atoms with van der Waals surface area (Å²) in [7, 11) is 0. The topological polar surface area (TPSA) is 281 Å². The minimum Gasteiger partial charge on any atom is -0.550 e. The van der Waals surface area contributed by atoms with Crippen LogP contribution in [0.2, 0.25) is 0 Å². The van der Waals surface area contributed by atoms with Crippen molar-refractivity contribution >= 4 is 35.8 Å². The molecule has 0 saturated heterocycles. The van der Waals surface area contributed by atoms with Crippen molar-refractivity contribution in [3.8, 4) is 0 Å². The van der Waals surface area contributed by atoms with Crippen molar-refractivity contribution in [3.63, 3.8) is 0 Å². The molecule has 208 valence electrons. The summed E-state index contributed by atoms with van der Waals surface area (Å²) in [6.07, 6.45) is -5.43. The van der Waals surface area contributed by atoms with Crippen LogP contribution in [-0.4, -0.2) is 57.2 Å². The molecule has 14 nitrogen and oxygen atoms in total. The van der Waals surface area contributed by atoms with Gasteiger partial charge < -0.3 is 69.6 Å². The van der Waals surface area contributed by atoms with E-state index in [1.165, 1.54) is 0 Å². The van der Waals surface area contributed by atoms with Crippen molar-refractivity contribution in [2.75, 3.05) is 0 Å². The van der Waals surface area contributed by atoms with Crippen LogP contribution in [0.5, 0.6) is 0 Å². The average Bonchev–Trinajstić information content (AvgIpc) is 2.34. The largest absolute Gasteiger partial charge is 1.00 e. The first kappa shape index (κ1) is 54.2. The Morgan fingerprint density at radius 2 is 0.562 bits per heavy atom. The van der Waals surface area contributed by atoms with Crippen LogP contribution in [0.25, 0.3) is 0 Å². The minimum absolute atomic E-state index is 0. The summed E-state index contributed by atoms with van der Waals surface area (Å²) in [5.74, 6) is -12.0. The van der Waals surface area contributed by atoms with Gasteiger partial charge in [0, 0.05) is 49.6 Å². The smallest absolute Gasteiger partial charge is 0.550 e. The van der Waals surface area contributed by atoms with E-state index in [9.17, 15) is 59.4 Å². The van der Waals surface area contributed by atoms with Gasteiger partial charge >= 0.3 is 134 Å². The van der Waals surface area contributed by atoms with Crippen LogP contribution in [0.4, 0.5) is 0 Å². The molecule has 0 unspecified atom stereocenters. The number of aliphatic carboxylic acids is 6. The molecule has 32 heavy (non-hydrogen) atoms. The van der Waals surface area contributed by atoms with Crippen LogP contribution in [0.1, 0.15) is 25.7 Å². The van der Waals surface area contributed by atoms with E-state index in [2.05, 4.69) is 0 Å². The molecule has 0 fully saturated rings. The first-order valence-electron chi connectivity index (χ1n) is 6.23. The van der Waals surface area contributed by atoms with E-state index in [0.29, 0.717) is 0 Å². The van der Waals surface area contributed by atoms with Crippen molar-refractivity contribution in [3.05, 3.63) is 0 Å². The summed E-state index contributed by atoms with van der Waals surface area (Å²) < 4.78 is 0. The molecule has 0 bridgehead atoms. The summed E-state index contributed by atoms with van der Waals surface area (Å²) in [6.45, 7) is 0. The van der Waals surface area contributed by atoms with E-state index in [1.54, 1.807) is 0 Å². The monoisotopic (exact) mass is 1020 g/mol. The third kappa shape index (κ3) is 25.8. The molecule has 0 aromatic heterocycles. The van der Waals surface area contributed by atoms with Crippen LogP contribution < -0.4 is 30.6 Å². The molecule has 0 amide bonds. The van der Waals surface area contributed by atoms with Crippen LogP contribution in [0.3, 0.4) is 0 Å². The van der Waals surface area contributed by atoms with Crippen LogP contribution in [0, 0.1) is 0 Å². The Morgan fingerprint density at radius 1 is 0.438 bits per heavy atom. The number of hydrogen-bond donors (Lipinski definition) is 2. The molecule has 0 heterocycles. The second kappa shape index (κ2) is 25.3. The van der Waals surface area contributed by atoms with E-state index >= 15 is 0 Å². The van der Waals surface area contributed by atoms with E-state index in [-0.39, 0.29) is 134 Å². The average molecular weight is 1030 g/mol. The molecule has 0 aliphatic heterocycles. The molecular formula is C12H10Ag6O14. The van der Waals surface area contributed by atoms with Crippen molar-refractivity contribution in [2.24, 2.45) is 0 Å². The Kier molecular flexibility index (Phi) is 42.8.